The number of H-pyrrole nitrogens is 1. The summed E-state index contributed by atoms with van der Waals surface area (Å²) in [6.07, 6.45) is 10.3. The molecule has 1 saturated carbocycles. The molecule has 1 atom stereocenters. The number of likely N-dealkylation sites (tertiary alicyclic amines) is 1. The first-order valence-electron chi connectivity index (χ1n) is 9.53. The molecule has 2 aromatic heterocycles. The zero-order valence-corrected chi connectivity index (χ0v) is 14.6. The molecule has 6 heteroatoms. The Morgan fingerprint density at radius 3 is 3.04 bits per heavy atom. The highest BCUT2D eigenvalue weighted by Gasteiger charge is 2.43. The number of hydrogen-bond donors (Lipinski definition) is 1. The quantitative estimate of drug-likeness (QED) is 0.933. The van der Waals surface area contributed by atoms with Crippen molar-refractivity contribution in [3.63, 3.8) is 0 Å². The second kappa shape index (κ2) is 5.71. The van der Waals surface area contributed by atoms with E-state index in [2.05, 4.69) is 30.8 Å². The summed E-state index contributed by atoms with van der Waals surface area (Å²) in [5.74, 6) is 2.17. The van der Waals surface area contributed by atoms with E-state index in [9.17, 15) is 4.79 Å². The minimum absolute atomic E-state index is 0.231. The molecule has 4 heterocycles. The maximum atomic E-state index is 12.4. The lowest BCUT2D eigenvalue weighted by atomic mass is 9.73. The van der Waals surface area contributed by atoms with Crippen LogP contribution in [0.15, 0.2) is 18.6 Å². The van der Waals surface area contributed by atoms with Crippen LogP contribution in [-0.2, 0) is 4.79 Å². The van der Waals surface area contributed by atoms with Crippen molar-refractivity contribution >= 4 is 22.8 Å². The third-order valence-electron chi connectivity index (χ3n) is 6.22. The Kier molecular flexibility index (Phi) is 3.47. The number of piperidine rings is 2. The Labute approximate surface area is 147 Å². The molecule has 0 unspecified atom stereocenters. The van der Waals surface area contributed by atoms with E-state index in [1.807, 2.05) is 6.20 Å². The van der Waals surface area contributed by atoms with Gasteiger partial charge in [-0.15, -0.1) is 0 Å². The van der Waals surface area contributed by atoms with E-state index >= 15 is 0 Å². The summed E-state index contributed by atoms with van der Waals surface area (Å²) in [5.41, 5.74) is 1.13. The van der Waals surface area contributed by atoms with Crippen LogP contribution in [0.4, 0.5) is 5.82 Å². The third-order valence-corrected chi connectivity index (χ3v) is 6.22. The Bertz CT molecular complexity index is 798. The molecule has 5 rings (SSSR count). The Morgan fingerprint density at radius 1 is 1.24 bits per heavy atom. The second-order valence-electron chi connectivity index (χ2n) is 8.18. The molecule has 3 aliphatic rings. The summed E-state index contributed by atoms with van der Waals surface area (Å²) in [6, 6.07) is 2.07. The van der Waals surface area contributed by atoms with E-state index in [1.54, 1.807) is 6.33 Å². The number of anilines is 1. The average Bonchev–Trinajstić information content (AvgIpc) is 3.31. The molecule has 132 valence electrons. The molecule has 6 nitrogen and oxygen atoms in total. The Hall–Kier alpha value is -2.11. The van der Waals surface area contributed by atoms with E-state index in [-0.39, 0.29) is 5.41 Å². The molecule has 1 amide bonds. The zero-order valence-electron chi connectivity index (χ0n) is 14.6. The number of aromatic nitrogens is 3. The fraction of sp³-hybridized carbons (Fsp3) is 0.632. The van der Waals surface area contributed by atoms with Crippen LogP contribution < -0.4 is 4.90 Å². The van der Waals surface area contributed by atoms with Crippen LogP contribution >= 0.6 is 0 Å². The SMILES string of the molecule is O=C1CC[C@@]2(CCCN(c3ncnc4[nH]ccc34)C2)CN1CC1CC1. The molecular weight excluding hydrogens is 314 g/mol. The maximum absolute atomic E-state index is 12.4. The molecule has 1 N–H and O–H groups in total. The lowest BCUT2D eigenvalue weighted by Crippen LogP contribution is -2.54. The first-order valence-corrected chi connectivity index (χ1v) is 9.53. The van der Waals surface area contributed by atoms with Gasteiger partial charge in [-0.3, -0.25) is 4.79 Å². The van der Waals surface area contributed by atoms with Crippen molar-refractivity contribution in [1.29, 1.82) is 0 Å². The van der Waals surface area contributed by atoms with Crippen molar-refractivity contribution in [3.8, 4) is 0 Å². The van der Waals surface area contributed by atoms with Crippen LogP contribution in [0.25, 0.3) is 11.0 Å². The van der Waals surface area contributed by atoms with E-state index in [1.165, 1.54) is 25.7 Å². The fourth-order valence-corrected chi connectivity index (χ4v) is 4.71. The van der Waals surface area contributed by atoms with Gasteiger partial charge in [-0.2, -0.15) is 0 Å². The van der Waals surface area contributed by atoms with Gasteiger partial charge in [0, 0.05) is 44.2 Å². The van der Waals surface area contributed by atoms with Crippen molar-refractivity contribution in [2.45, 2.75) is 38.5 Å². The summed E-state index contributed by atoms with van der Waals surface area (Å²) in [7, 11) is 0. The van der Waals surface area contributed by atoms with Crippen LogP contribution in [-0.4, -0.2) is 51.9 Å². The number of nitrogens with one attached hydrogen (secondary N) is 1. The van der Waals surface area contributed by atoms with Crippen molar-refractivity contribution < 1.29 is 4.79 Å². The van der Waals surface area contributed by atoms with E-state index < -0.39 is 0 Å². The van der Waals surface area contributed by atoms with Crippen molar-refractivity contribution in [3.05, 3.63) is 18.6 Å². The normalized spacial score (nSPS) is 27.4. The summed E-state index contributed by atoms with van der Waals surface area (Å²) >= 11 is 0. The molecular formula is C19H25N5O. The predicted molar refractivity (Wildman–Crippen MR) is 96.3 cm³/mol. The van der Waals surface area contributed by atoms with Crippen molar-refractivity contribution in [1.82, 2.24) is 19.9 Å². The monoisotopic (exact) mass is 339 g/mol. The van der Waals surface area contributed by atoms with E-state index in [0.29, 0.717) is 12.3 Å². The van der Waals surface area contributed by atoms with Crippen LogP contribution in [0.2, 0.25) is 0 Å². The van der Waals surface area contributed by atoms with Gasteiger partial charge in [0.2, 0.25) is 5.91 Å². The Morgan fingerprint density at radius 2 is 2.16 bits per heavy atom. The minimum atomic E-state index is 0.231. The molecule has 2 aliphatic heterocycles. The topological polar surface area (TPSA) is 65.1 Å². The molecule has 1 aliphatic carbocycles. The molecule has 25 heavy (non-hydrogen) atoms. The largest absolute Gasteiger partial charge is 0.355 e. The van der Waals surface area contributed by atoms with Gasteiger partial charge in [-0.1, -0.05) is 0 Å². The van der Waals surface area contributed by atoms with Gasteiger partial charge in [-0.25, -0.2) is 9.97 Å². The number of rotatable bonds is 3. The van der Waals surface area contributed by atoms with Gasteiger partial charge >= 0.3 is 0 Å². The number of carbonyl (C=O) groups excluding carboxylic acids is 1. The molecule has 0 aromatic carbocycles. The van der Waals surface area contributed by atoms with Gasteiger partial charge in [0.1, 0.15) is 17.8 Å². The minimum Gasteiger partial charge on any atom is -0.355 e. The van der Waals surface area contributed by atoms with Gasteiger partial charge in [0.15, 0.2) is 0 Å². The van der Waals surface area contributed by atoms with Gasteiger partial charge in [0.25, 0.3) is 0 Å². The summed E-state index contributed by atoms with van der Waals surface area (Å²) < 4.78 is 0. The van der Waals surface area contributed by atoms with Crippen LogP contribution in [0, 0.1) is 11.3 Å². The van der Waals surface area contributed by atoms with Gasteiger partial charge in [-0.05, 0) is 44.1 Å². The first kappa shape index (κ1) is 15.2. The van der Waals surface area contributed by atoms with E-state index in [0.717, 1.165) is 55.4 Å². The summed E-state index contributed by atoms with van der Waals surface area (Å²) in [6.45, 7) is 3.95. The molecule has 0 radical (unpaired) electrons. The maximum Gasteiger partial charge on any atom is 0.222 e. The van der Waals surface area contributed by atoms with Crippen LogP contribution in [0.5, 0.6) is 0 Å². The molecule has 2 saturated heterocycles. The Balaban J connectivity index is 1.40. The number of aromatic amines is 1. The van der Waals surface area contributed by atoms with Crippen molar-refractivity contribution in [2.24, 2.45) is 11.3 Å². The number of amides is 1. The molecule has 0 bridgehead atoms. The highest BCUT2D eigenvalue weighted by molar-refractivity contribution is 5.87. The van der Waals surface area contributed by atoms with Crippen molar-refractivity contribution in [2.75, 3.05) is 31.1 Å². The number of hydrogen-bond acceptors (Lipinski definition) is 4. The molecule has 2 aromatic rings. The summed E-state index contributed by atoms with van der Waals surface area (Å²) in [4.78, 5) is 29.0. The van der Waals surface area contributed by atoms with Crippen LogP contribution in [0.3, 0.4) is 0 Å². The smallest absolute Gasteiger partial charge is 0.222 e. The molecule has 1 spiro atoms. The lowest BCUT2D eigenvalue weighted by Gasteiger charge is -2.48. The van der Waals surface area contributed by atoms with Crippen LogP contribution in [0.1, 0.15) is 38.5 Å². The fourth-order valence-electron chi connectivity index (χ4n) is 4.71. The second-order valence-corrected chi connectivity index (χ2v) is 8.18. The number of nitrogens with zero attached hydrogens (tertiary/aromatic N) is 4. The zero-order chi connectivity index (χ0) is 16.9. The standard InChI is InChI=1S/C19H25N5O/c25-16-4-7-19(12-24(16)10-14-2-3-14)6-1-9-23(11-19)18-15-5-8-20-17(15)21-13-22-18/h5,8,13-14H,1-4,6-7,9-12H2,(H,20,21,22)/t19-/m1/s1. The first-order chi connectivity index (χ1) is 12.2. The predicted octanol–water partition coefficient (Wildman–Crippen LogP) is 2.58. The summed E-state index contributed by atoms with van der Waals surface area (Å²) in [5, 5.41) is 1.10. The molecule has 3 fully saturated rings. The number of carbonyl (C=O) groups is 1. The highest BCUT2D eigenvalue weighted by atomic mass is 16.2. The number of fused-ring (bicyclic) bond motifs is 1. The highest BCUT2D eigenvalue weighted by Crippen LogP contribution is 2.42. The van der Waals surface area contributed by atoms with Gasteiger partial charge in [0.05, 0.1) is 5.39 Å². The third kappa shape index (κ3) is 2.77. The van der Waals surface area contributed by atoms with Gasteiger partial charge < -0.3 is 14.8 Å². The lowest BCUT2D eigenvalue weighted by molar-refractivity contribution is -0.138. The van der Waals surface area contributed by atoms with E-state index in [4.69, 9.17) is 0 Å². The average molecular weight is 339 g/mol.